The molecule has 0 radical (unpaired) electrons. The van der Waals surface area contributed by atoms with Gasteiger partial charge in [-0.2, -0.15) is 0 Å². The SMILES string of the molecule is CCC(Nc1ccc(OC2CCCC2)cc1)C(=O)OC. The summed E-state index contributed by atoms with van der Waals surface area (Å²) in [4.78, 5) is 11.5. The zero-order valence-electron chi connectivity index (χ0n) is 12.2. The van der Waals surface area contributed by atoms with Crippen molar-refractivity contribution in [1.29, 1.82) is 0 Å². The number of methoxy groups -OCH3 is 1. The first kappa shape index (κ1) is 14.7. The molecule has 0 aliphatic heterocycles. The molecule has 0 spiro atoms. The van der Waals surface area contributed by atoms with Crippen LogP contribution >= 0.6 is 0 Å². The Kier molecular flexibility index (Phi) is 5.27. The van der Waals surface area contributed by atoms with Gasteiger partial charge in [-0.25, -0.2) is 4.79 Å². The second-order valence-electron chi connectivity index (χ2n) is 5.18. The molecule has 4 nitrogen and oxygen atoms in total. The summed E-state index contributed by atoms with van der Waals surface area (Å²) in [5.74, 6) is 0.660. The predicted molar refractivity (Wildman–Crippen MR) is 79.0 cm³/mol. The minimum absolute atomic E-state index is 0.237. The Labute approximate surface area is 120 Å². The molecule has 1 aromatic rings. The van der Waals surface area contributed by atoms with Gasteiger partial charge in [0.05, 0.1) is 13.2 Å². The standard InChI is InChI=1S/C16H23NO3/c1-3-15(16(18)19-2)17-12-8-10-14(11-9-12)20-13-6-4-5-7-13/h8-11,13,15,17H,3-7H2,1-2H3. The molecule has 1 aliphatic carbocycles. The number of benzene rings is 1. The van der Waals surface area contributed by atoms with Crippen LogP contribution in [-0.4, -0.2) is 25.2 Å². The van der Waals surface area contributed by atoms with Gasteiger partial charge in [-0.05, 0) is 56.4 Å². The number of nitrogens with one attached hydrogen (secondary N) is 1. The number of hydrogen-bond acceptors (Lipinski definition) is 4. The Balaban J connectivity index is 1.91. The Morgan fingerprint density at radius 3 is 2.50 bits per heavy atom. The predicted octanol–water partition coefficient (Wildman–Crippen LogP) is 3.37. The van der Waals surface area contributed by atoms with Crippen LogP contribution in [0.15, 0.2) is 24.3 Å². The third-order valence-electron chi connectivity index (χ3n) is 3.69. The molecule has 20 heavy (non-hydrogen) atoms. The van der Waals surface area contributed by atoms with Crippen molar-refractivity contribution in [3.8, 4) is 5.75 Å². The van der Waals surface area contributed by atoms with E-state index < -0.39 is 0 Å². The van der Waals surface area contributed by atoms with Crippen LogP contribution in [0.2, 0.25) is 0 Å². The normalized spacial score (nSPS) is 16.7. The lowest BCUT2D eigenvalue weighted by molar-refractivity contribution is -0.141. The van der Waals surface area contributed by atoms with Gasteiger partial charge in [0.2, 0.25) is 0 Å². The monoisotopic (exact) mass is 277 g/mol. The van der Waals surface area contributed by atoms with E-state index in [1.54, 1.807) is 0 Å². The third kappa shape index (κ3) is 3.89. The van der Waals surface area contributed by atoms with Crippen molar-refractivity contribution in [3.63, 3.8) is 0 Å². The fraction of sp³-hybridized carbons (Fsp3) is 0.562. The molecular weight excluding hydrogens is 254 g/mol. The van der Waals surface area contributed by atoms with E-state index in [4.69, 9.17) is 9.47 Å². The number of esters is 1. The average Bonchev–Trinajstić information content (AvgIpc) is 2.98. The highest BCUT2D eigenvalue weighted by atomic mass is 16.5. The minimum Gasteiger partial charge on any atom is -0.490 e. The van der Waals surface area contributed by atoms with Gasteiger partial charge in [-0.3, -0.25) is 0 Å². The van der Waals surface area contributed by atoms with Crippen LogP contribution in [0.25, 0.3) is 0 Å². The fourth-order valence-electron chi connectivity index (χ4n) is 2.50. The summed E-state index contributed by atoms with van der Waals surface area (Å²) in [5, 5.41) is 3.17. The summed E-state index contributed by atoms with van der Waals surface area (Å²) < 4.78 is 10.7. The van der Waals surface area contributed by atoms with E-state index in [0.717, 1.165) is 24.3 Å². The first-order chi connectivity index (χ1) is 9.72. The summed E-state index contributed by atoms with van der Waals surface area (Å²) >= 11 is 0. The van der Waals surface area contributed by atoms with E-state index in [1.807, 2.05) is 31.2 Å². The Morgan fingerprint density at radius 1 is 1.30 bits per heavy atom. The van der Waals surface area contributed by atoms with Crippen molar-refractivity contribution in [2.75, 3.05) is 12.4 Å². The summed E-state index contributed by atoms with van der Waals surface area (Å²) in [7, 11) is 1.41. The zero-order chi connectivity index (χ0) is 14.4. The maximum absolute atomic E-state index is 11.5. The summed E-state index contributed by atoms with van der Waals surface area (Å²) in [6, 6.07) is 7.47. The van der Waals surface area contributed by atoms with E-state index in [2.05, 4.69) is 5.32 Å². The van der Waals surface area contributed by atoms with Gasteiger partial charge in [0.25, 0.3) is 0 Å². The second-order valence-corrected chi connectivity index (χ2v) is 5.18. The van der Waals surface area contributed by atoms with Gasteiger partial charge in [0.1, 0.15) is 11.8 Å². The van der Waals surface area contributed by atoms with E-state index in [9.17, 15) is 4.79 Å². The zero-order valence-corrected chi connectivity index (χ0v) is 12.2. The molecule has 1 fully saturated rings. The molecule has 1 aromatic carbocycles. The second kappa shape index (κ2) is 7.17. The molecule has 1 N–H and O–H groups in total. The maximum Gasteiger partial charge on any atom is 0.328 e. The van der Waals surface area contributed by atoms with Gasteiger partial charge < -0.3 is 14.8 Å². The van der Waals surface area contributed by atoms with Gasteiger partial charge >= 0.3 is 5.97 Å². The lowest BCUT2D eigenvalue weighted by Crippen LogP contribution is -2.29. The van der Waals surface area contributed by atoms with Crippen LogP contribution < -0.4 is 10.1 Å². The molecule has 0 bridgehead atoms. The Bertz CT molecular complexity index is 424. The molecule has 1 atom stereocenters. The average molecular weight is 277 g/mol. The fourth-order valence-corrected chi connectivity index (χ4v) is 2.50. The number of rotatable bonds is 6. The molecule has 2 rings (SSSR count). The lowest BCUT2D eigenvalue weighted by atomic mass is 10.2. The van der Waals surface area contributed by atoms with Crippen molar-refractivity contribution in [3.05, 3.63) is 24.3 Å². The van der Waals surface area contributed by atoms with E-state index in [-0.39, 0.29) is 12.0 Å². The van der Waals surface area contributed by atoms with E-state index in [1.165, 1.54) is 20.0 Å². The van der Waals surface area contributed by atoms with Crippen molar-refractivity contribution >= 4 is 11.7 Å². The lowest BCUT2D eigenvalue weighted by Gasteiger charge is -2.17. The molecule has 0 aromatic heterocycles. The molecular formula is C16H23NO3. The van der Waals surface area contributed by atoms with Crippen molar-refractivity contribution < 1.29 is 14.3 Å². The molecule has 1 saturated carbocycles. The topological polar surface area (TPSA) is 47.6 Å². The van der Waals surface area contributed by atoms with Gasteiger partial charge in [-0.15, -0.1) is 0 Å². The molecule has 1 unspecified atom stereocenters. The summed E-state index contributed by atoms with van der Waals surface area (Å²) in [5.41, 5.74) is 0.904. The minimum atomic E-state index is -0.304. The highest BCUT2D eigenvalue weighted by Crippen LogP contribution is 2.25. The van der Waals surface area contributed by atoms with Crippen molar-refractivity contribution in [1.82, 2.24) is 0 Å². The number of hydrogen-bond donors (Lipinski definition) is 1. The van der Waals surface area contributed by atoms with E-state index in [0.29, 0.717) is 12.5 Å². The number of anilines is 1. The van der Waals surface area contributed by atoms with Crippen LogP contribution in [0.1, 0.15) is 39.0 Å². The molecule has 0 heterocycles. The maximum atomic E-state index is 11.5. The van der Waals surface area contributed by atoms with Crippen LogP contribution in [0.5, 0.6) is 5.75 Å². The van der Waals surface area contributed by atoms with Crippen LogP contribution in [0, 0.1) is 0 Å². The summed E-state index contributed by atoms with van der Waals surface area (Å²) in [6.45, 7) is 1.95. The smallest absolute Gasteiger partial charge is 0.328 e. The first-order valence-electron chi connectivity index (χ1n) is 7.34. The third-order valence-corrected chi connectivity index (χ3v) is 3.69. The highest BCUT2D eigenvalue weighted by Gasteiger charge is 2.17. The van der Waals surface area contributed by atoms with E-state index >= 15 is 0 Å². The quantitative estimate of drug-likeness (QED) is 0.810. The van der Waals surface area contributed by atoms with Gasteiger partial charge in [0.15, 0.2) is 0 Å². The largest absolute Gasteiger partial charge is 0.490 e. The molecule has 4 heteroatoms. The van der Waals surface area contributed by atoms with Crippen LogP contribution in [0.3, 0.4) is 0 Å². The summed E-state index contributed by atoms with van der Waals surface area (Å²) in [6.07, 6.45) is 5.89. The number of carbonyl (C=O) groups is 1. The number of carbonyl (C=O) groups excluding carboxylic acids is 1. The molecule has 110 valence electrons. The molecule has 1 aliphatic rings. The first-order valence-corrected chi connectivity index (χ1v) is 7.34. The van der Waals surface area contributed by atoms with Crippen molar-refractivity contribution in [2.24, 2.45) is 0 Å². The van der Waals surface area contributed by atoms with Gasteiger partial charge in [0, 0.05) is 5.69 Å². The highest BCUT2D eigenvalue weighted by molar-refractivity contribution is 5.79. The Hall–Kier alpha value is -1.71. The van der Waals surface area contributed by atoms with Gasteiger partial charge in [-0.1, -0.05) is 6.92 Å². The molecule has 0 amide bonds. The van der Waals surface area contributed by atoms with Crippen LogP contribution in [-0.2, 0) is 9.53 Å². The van der Waals surface area contributed by atoms with Crippen molar-refractivity contribution in [2.45, 2.75) is 51.2 Å². The Morgan fingerprint density at radius 2 is 1.95 bits per heavy atom. The molecule has 0 saturated heterocycles. The number of ether oxygens (including phenoxy) is 2. The van der Waals surface area contributed by atoms with Crippen LogP contribution in [0.4, 0.5) is 5.69 Å².